The minimum Gasteiger partial charge on any atom is -1.00 e. The lowest BCUT2D eigenvalue weighted by Crippen LogP contribution is -3.00. The number of halogens is 1. The number of anilines is 2. The number of nitrogens with zero attached hydrogens (tertiary/aromatic N) is 2. The fraction of sp³-hybridized carbons (Fsp3) is 0.241. The zero-order valence-corrected chi connectivity index (χ0v) is 21.5. The number of aryl methyl sites for hydroxylation is 1. The van der Waals surface area contributed by atoms with Crippen molar-refractivity contribution in [3.63, 3.8) is 0 Å². The van der Waals surface area contributed by atoms with Crippen LogP contribution in [0.25, 0.3) is 23.3 Å². The van der Waals surface area contributed by atoms with Crippen LogP contribution in [0.4, 0.5) is 11.4 Å². The Kier molecular flexibility index (Phi) is 6.65. The van der Waals surface area contributed by atoms with E-state index in [4.69, 9.17) is 4.42 Å². The van der Waals surface area contributed by atoms with Crippen molar-refractivity contribution in [2.75, 3.05) is 4.90 Å². The molecular weight excluding hydrogens is 551 g/mol. The molecule has 0 spiro atoms. The molecule has 5 nitrogen and oxygen atoms in total. The fourth-order valence-electron chi connectivity index (χ4n) is 5.69. The molecule has 4 aromatic rings. The summed E-state index contributed by atoms with van der Waals surface area (Å²) >= 11 is 0. The molecule has 6 heteroatoms. The second-order valence-electron chi connectivity index (χ2n) is 9.17. The predicted octanol–water partition coefficient (Wildman–Crippen LogP) is 3.16. The van der Waals surface area contributed by atoms with Gasteiger partial charge in [0.1, 0.15) is 6.42 Å². The number of aromatic nitrogens is 1. The third-order valence-corrected chi connectivity index (χ3v) is 7.16. The molecule has 1 aromatic heterocycles. The number of benzene rings is 3. The fourth-order valence-corrected chi connectivity index (χ4v) is 5.69. The third kappa shape index (κ3) is 4.35. The monoisotopic (exact) mass is 578 g/mol. The van der Waals surface area contributed by atoms with E-state index in [1.54, 1.807) is 0 Å². The number of oxazole rings is 1. The highest BCUT2D eigenvalue weighted by molar-refractivity contribution is 5.77. The van der Waals surface area contributed by atoms with Crippen LogP contribution in [0.15, 0.2) is 77.2 Å². The van der Waals surface area contributed by atoms with Gasteiger partial charge in [0.15, 0.2) is 6.54 Å². The Bertz CT molecular complexity index is 1400. The summed E-state index contributed by atoms with van der Waals surface area (Å²) in [4.78, 5) is 13.7. The van der Waals surface area contributed by atoms with Gasteiger partial charge >= 0.3 is 11.9 Å². The van der Waals surface area contributed by atoms with E-state index in [1.807, 2.05) is 34.9 Å². The number of fused-ring (bicyclic) bond motifs is 4. The van der Waals surface area contributed by atoms with Crippen molar-refractivity contribution >= 4 is 40.6 Å². The number of para-hydroxylation sites is 3. The molecule has 2 atom stereocenters. The van der Waals surface area contributed by atoms with Crippen molar-refractivity contribution < 1.29 is 42.9 Å². The smallest absolute Gasteiger partial charge is 0.374 e. The molecule has 2 heterocycles. The van der Waals surface area contributed by atoms with Crippen LogP contribution < -0.4 is 33.4 Å². The SMILES string of the molecule is O=C(O)CC[n+]1c(/C=C/c2ccc3c(c2)C2CCCC2N3c2ccccc2)oc2ccccc21.[I-]. The zero-order chi connectivity index (χ0) is 23.1. The van der Waals surface area contributed by atoms with Gasteiger partial charge in [-0.15, -0.1) is 0 Å². The molecule has 0 saturated heterocycles. The maximum Gasteiger partial charge on any atom is 0.374 e. The number of rotatable bonds is 6. The van der Waals surface area contributed by atoms with Gasteiger partial charge in [-0.25, -0.2) is 0 Å². The molecule has 1 aliphatic heterocycles. The van der Waals surface area contributed by atoms with Crippen molar-refractivity contribution in [3.8, 4) is 0 Å². The molecule has 2 unspecified atom stereocenters. The Labute approximate surface area is 221 Å². The zero-order valence-electron chi connectivity index (χ0n) is 19.3. The first-order valence-electron chi connectivity index (χ1n) is 12.0. The van der Waals surface area contributed by atoms with Crippen LogP contribution in [0.2, 0.25) is 0 Å². The third-order valence-electron chi connectivity index (χ3n) is 7.16. The van der Waals surface area contributed by atoms with E-state index in [-0.39, 0.29) is 30.4 Å². The Morgan fingerprint density at radius 3 is 2.66 bits per heavy atom. The van der Waals surface area contributed by atoms with E-state index < -0.39 is 5.97 Å². The second-order valence-corrected chi connectivity index (χ2v) is 9.17. The summed E-state index contributed by atoms with van der Waals surface area (Å²) in [6.07, 6.45) is 7.80. The number of hydrogen-bond acceptors (Lipinski definition) is 3. The molecule has 0 bridgehead atoms. The van der Waals surface area contributed by atoms with Crippen molar-refractivity contribution in [3.05, 3.63) is 89.8 Å². The molecule has 35 heavy (non-hydrogen) atoms. The summed E-state index contributed by atoms with van der Waals surface area (Å²) in [5, 5.41) is 9.19. The van der Waals surface area contributed by atoms with Gasteiger partial charge in [-0.05, 0) is 60.4 Å². The molecular formula is C29H27IN2O3. The largest absolute Gasteiger partial charge is 1.00 e. The average molecular weight is 578 g/mol. The first-order chi connectivity index (χ1) is 16.7. The van der Waals surface area contributed by atoms with E-state index in [2.05, 4.69) is 59.5 Å². The van der Waals surface area contributed by atoms with E-state index in [1.165, 1.54) is 36.2 Å². The minimum atomic E-state index is -0.819. The van der Waals surface area contributed by atoms with Crippen LogP contribution in [0, 0.1) is 0 Å². The van der Waals surface area contributed by atoms with Crippen LogP contribution in [0.5, 0.6) is 0 Å². The molecule has 1 fully saturated rings. The predicted molar refractivity (Wildman–Crippen MR) is 133 cm³/mol. The van der Waals surface area contributed by atoms with Crippen LogP contribution in [0.1, 0.15) is 48.6 Å². The average Bonchev–Trinajstić information content (AvgIpc) is 3.54. The van der Waals surface area contributed by atoms with Gasteiger partial charge in [-0.3, -0.25) is 4.79 Å². The highest BCUT2D eigenvalue weighted by Crippen LogP contribution is 2.52. The maximum atomic E-state index is 11.2. The standard InChI is InChI=1S/C29H26N2O3.HI/c32-29(33)17-18-30-26-10-4-5-12-27(26)34-28(30)16-14-20-13-15-25-23(19-20)22-9-6-11-24(22)31(25)21-7-2-1-3-8-21;/h1-5,7-8,10,12-16,19,22,24H,6,9,11,17-18H2;1H. The van der Waals surface area contributed by atoms with Gasteiger partial charge in [0.05, 0.1) is 6.08 Å². The lowest BCUT2D eigenvalue weighted by atomic mass is 9.96. The Hall–Kier alpha value is -3.13. The van der Waals surface area contributed by atoms with E-state index in [9.17, 15) is 9.90 Å². The molecule has 6 rings (SSSR count). The lowest BCUT2D eigenvalue weighted by Gasteiger charge is -2.27. The first kappa shape index (κ1) is 23.6. The Balaban J connectivity index is 0.00000253. The van der Waals surface area contributed by atoms with E-state index in [0.29, 0.717) is 24.4 Å². The summed E-state index contributed by atoms with van der Waals surface area (Å²) in [5.41, 5.74) is 6.81. The summed E-state index contributed by atoms with van der Waals surface area (Å²) < 4.78 is 8.01. The summed E-state index contributed by atoms with van der Waals surface area (Å²) in [6.45, 7) is 0.367. The highest BCUT2D eigenvalue weighted by atomic mass is 127. The number of carboxylic acid groups (broad SMARTS) is 1. The molecule has 1 aliphatic carbocycles. The highest BCUT2D eigenvalue weighted by Gasteiger charge is 2.41. The molecule has 0 radical (unpaired) electrons. The molecule has 3 aromatic carbocycles. The van der Waals surface area contributed by atoms with E-state index >= 15 is 0 Å². The van der Waals surface area contributed by atoms with Crippen molar-refractivity contribution in [2.24, 2.45) is 0 Å². The van der Waals surface area contributed by atoms with Crippen LogP contribution >= 0.6 is 0 Å². The number of carboxylic acids is 1. The van der Waals surface area contributed by atoms with Gasteiger partial charge < -0.3 is 38.4 Å². The second kappa shape index (κ2) is 9.85. The molecule has 2 aliphatic rings. The Morgan fingerprint density at radius 2 is 1.83 bits per heavy atom. The normalized spacial score (nSPS) is 18.6. The summed E-state index contributed by atoms with van der Waals surface area (Å²) in [5.74, 6) is 0.406. The quantitative estimate of drug-likeness (QED) is 0.282. The minimum absolute atomic E-state index is 0. The number of aliphatic carboxylic acids is 1. The topological polar surface area (TPSA) is 57.6 Å². The van der Waals surface area contributed by atoms with Crippen LogP contribution in [0.3, 0.4) is 0 Å². The van der Waals surface area contributed by atoms with E-state index in [0.717, 1.165) is 16.7 Å². The van der Waals surface area contributed by atoms with Gasteiger partial charge in [-0.1, -0.05) is 42.8 Å². The van der Waals surface area contributed by atoms with Gasteiger partial charge in [-0.2, -0.15) is 4.57 Å². The molecule has 1 saturated carbocycles. The summed E-state index contributed by atoms with van der Waals surface area (Å²) in [7, 11) is 0. The van der Waals surface area contributed by atoms with Gasteiger partial charge in [0.25, 0.3) is 5.52 Å². The van der Waals surface area contributed by atoms with Crippen molar-refractivity contribution in [2.45, 2.75) is 44.2 Å². The van der Waals surface area contributed by atoms with Crippen molar-refractivity contribution in [1.29, 1.82) is 0 Å². The number of carbonyl (C=O) groups is 1. The van der Waals surface area contributed by atoms with Crippen molar-refractivity contribution in [1.82, 2.24) is 0 Å². The van der Waals surface area contributed by atoms with Gasteiger partial charge in [0.2, 0.25) is 5.58 Å². The number of hydrogen-bond donors (Lipinski definition) is 1. The lowest BCUT2D eigenvalue weighted by molar-refractivity contribution is -0.676. The summed E-state index contributed by atoms with van der Waals surface area (Å²) in [6, 6.07) is 25.7. The molecule has 0 amide bonds. The van der Waals surface area contributed by atoms with Crippen LogP contribution in [-0.4, -0.2) is 17.1 Å². The molecule has 1 N–H and O–H groups in total. The molecule has 178 valence electrons. The maximum absolute atomic E-state index is 11.2. The Morgan fingerprint density at radius 1 is 1.03 bits per heavy atom. The van der Waals surface area contributed by atoms with Crippen LogP contribution in [-0.2, 0) is 11.3 Å². The van der Waals surface area contributed by atoms with Gasteiger partial charge in [0, 0.05) is 29.4 Å². The first-order valence-corrected chi connectivity index (χ1v) is 12.0.